The van der Waals surface area contributed by atoms with Crippen molar-refractivity contribution in [3.05, 3.63) is 94.0 Å². The maximum atomic E-state index is 12.4. The third kappa shape index (κ3) is 5.08. The molecule has 0 spiro atoms. The minimum Gasteiger partial charge on any atom is -0.423 e. The first-order valence-electron chi connectivity index (χ1n) is 8.94. The van der Waals surface area contributed by atoms with Gasteiger partial charge in [0.2, 0.25) is 0 Å². The number of para-hydroxylation sites is 1. The highest BCUT2D eigenvalue weighted by molar-refractivity contribution is 9.10. The molecular formula is C23H19BrO4. The lowest BCUT2D eigenvalue weighted by Gasteiger charge is -2.08. The quantitative estimate of drug-likeness (QED) is 0.358. The fourth-order valence-electron chi connectivity index (χ4n) is 2.63. The molecule has 0 unspecified atom stereocenters. The van der Waals surface area contributed by atoms with Gasteiger partial charge in [-0.3, -0.25) is 0 Å². The molecule has 5 heteroatoms. The van der Waals surface area contributed by atoms with Crippen LogP contribution in [0.15, 0.2) is 77.3 Å². The van der Waals surface area contributed by atoms with Gasteiger partial charge in [-0.2, -0.15) is 0 Å². The van der Waals surface area contributed by atoms with Gasteiger partial charge in [0.05, 0.1) is 11.1 Å². The summed E-state index contributed by atoms with van der Waals surface area (Å²) >= 11 is 3.50. The number of hydrogen-bond donors (Lipinski definition) is 0. The van der Waals surface area contributed by atoms with Gasteiger partial charge in [-0.05, 0) is 60.5 Å². The molecule has 0 atom stereocenters. The third-order valence-electron chi connectivity index (χ3n) is 4.06. The number of carbonyl (C=O) groups is 2. The molecule has 0 fully saturated rings. The summed E-state index contributed by atoms with van der Waals surface area (Å²) in [4.78, 5) is 24.5. The fraction of sp³-hybridized carbons (Fsp3) is 0.130. The molecule has 0 heterocycles. The predicted molar refractivity (Wildman–Crippen MR) is 111 cm³/mol. The second kappa shape index (κ2) is 9.33. The standard InChI is InChI=1S/C23H19BrO4/c1-2-6-16-9-10-18(15-21(16)24)23(26)28-20-13-11-17(12-14-20)22(25)27-19-7-4-3-5-8-19/h3-5,7-15H,2,6H2,1H3. The molecule has 0 aromatic heterocycles. The summed E-state index contributed by atoms with van der Waals surface area (Å²) in [7, 11) is 0. The Balaban J connectivity index is 1.64. The van der Waals surface area contributed by atoms with Crippen LogP contribution in [0.5, 0.6) is 11.5 Å². The maximum absolute atomic E-state index is 12.4. The van der Waals surface area contributed by atoms with E-state index in [-0.39, 0.29) is 0 Å². The maximum Gasteiger partial charge on any atom is 0.343 e. The first-order chi connectivity index (χ1) is 13.6. The summed E-state index contributed by atoms with van der Waals surface area (Å²) in [6.45, 7) is 2.11. The van der Waals surface area contributed by atoms with Crippen LogP contribution in [-0.4, -0.2) is 11.9 Å². The predicted octanol–water partition coefficient (Wildman–Crippen LogP) is 5.84. The van der Waals surface area contributed by atoms with Crippen LogP contribution in [0.25, 0.3) is 0 Å². The molecule has 4 nitrogen and oxygen atoms in total. The van der Waals surface area contributed by atoms with Crippen LogP contribution >= 0.6 is 15.9 Å². The van der Waals surface area contributed by atoms with E-state index in [9.17, 15) is 9.59 Å². The zero-order chi connectivity index (χ0) is 19.9. The van der Waals surface area contributed by atoms with Crippen LogP contribution in [0.3, 0.4) is 0 Å². The Bertz CT molecular complexity index is 966. The minimum atomic E-state index is -0.473. The van der Waals surface area contributed by atoms with E-state index in [1.54, 1.807) is 60.7 Å². The molecule has 3 rings (SSSR count). The van der Waals surface area contributed by atoms with Gasteiger partial charge in [-0.1, -0.05) is 53.5 Å². The van der Waals surface area contributed by atoms with Gasteiger partial charge in [0.15, 0.2) is 0 Å². The Labute approximate surface area is 172 Å². The molecule has 0 saturated heterocycles. The van der Waals surface area contributed by atoms with E-state index in [1.165, 1.54) is 0 Å². The summed E-state index contributed by atoms with van der Waals surface area (Å²) in [6, 6.07) is 20.5. The van der Waals surface area contributed by atoms with Crippen molar-refractivity contribution in [2.75, 3.05) is 0 Å². The summed E-state index contributed by atoms with van der Waals surface area (Å²) in [5, 5.41) is 0. The highest BCUT2D eigenvalue weighted by Gasteiger charge is 2.13. The number of aryl methyl sites for hydroxylation is 1. The van der Waals surface area contributed by atoms with E-state index >= 15 is 0 Å². The second-order valence-corrected chi connectivity index (χ2v) is 7.03. The number of hydrogen-bond acceptors (Lipinski definition) is 4. The molecule has 0 aliphatic heterocycles. The summed E-state index contributed by atoms with van der Waals surface area (Å²) < 4.78 is 11.6. The van der Waals surface area contributed by atoms with Gasteiger partial charge in [0.1, 0.15) is 11.5 Å². The SMILES string of the molecule is CCCc1ccc(C(=O)Oc2ccc(C(=O)Oc3ccccc3)cc2)cc1Br. The van der Waals surface area contributed by atoms with Crippen LogP contribution in [0.4, 0.5) is 0 Å². The van der Waals surface area contributed by atoms with E-state index in [1.807, 2.05) is 12.1 Å². The van der Waals surface area contributed by atoms with Crippen molar-refractivity contribution in [3.8, 4) is 11.5 Å². The van der Waals surface area contributed by atoms with Crippen LogP contribution in [0.1, 0.15) is 39.6 Å². The third-order valence-corrected chi connectivity index (χ3v) is 4.80. The molecule has 3 aromatic rings. The van der Waals surface area contributed by atoms with Crippen molar-refractivity contribution in [2.45, 2.75) is 19.8 Å². The molecule has 142 valence electrons. The molecule has 0 bridgehead atoms. The van der Waals surface area contributed by atoms with Crippen LogP contribution in [0, 0.1) is 0 Å². The molecule has 28 heavy (non-hydrogen) atoms. The Hall–Kier alpha value is -2.92. The average molecular weight is 439 g/mol. The summed E-state index contributed by atoms with van der Waals surface area (Å²) in [6.07, 6.45) is 1.97. The smallest absolute Gasteiger partial charge is 0.343 e. The molecule has 3 aromatic carbocycles. The lowest BCUT2D eigenvalue weighted by atomic mass is 10.1. The van der Waals surface area contributed by atoms with Crippen molar-refractivity contribution < 1.29 is 19.1 Å². The topological polar surface area (TPSA) is 52.6 Å². The first kappa shape index (κ1) is 19.8. The van der Waals surface area contributed by atoms with E-state index in [0.717, 1.165) is 22.9 Å². The number of carbonyl (C=O) groups excluding carboxylic acids is 2. The zero-order valence-electron chi connectivity index (χ0n) is 15.4. The number of esters is 2. The Morgan fingerprint density at radius 1 is 0.786 bits per heavy atom. The number of benzene rings is 3. The average Bonchev–Trinajstić information content (AvgIpc) is 2.71. The molecular weight excluding hydrogens is 420 g/mol. The highest BCUT2D eigenvalue weighted by atomic mass is 79.9. The molecule has 0 N–H and O–H groups in total. The van der Waals surface area contributed by atoms with Gasteiger partial charge in [-0.25, -0.2) is 9.59 Å². The Morgan fingerprint density at radius 3 is 1.96 bits per heavy atom. The van der Waals surface area contributed by atoms with E-state index in [4.69, 9.17) is 9.47 Å². The fourth-order valence-corrected chi connectivity index (χ4v) is 3.20. The number of rotatable bonds is 6. The number of ether oxygens (including phenoxy) is 2. The molecule has 0 radical (unpaired) electrons. The monoisotopic (exact) mass is 438 g/mol. The van der Waals surface area contributed by atoms with Gasteiger partial charge in [0.25, 0.3) is 0 Å². The van der Waals surface area contributed by atoms with Crippen LogP contribution in [-0.2, 0) is 6.42 Å². The van der Waals surface area contributed by atoms with Gasteiger partial charge in [0, 0.05) is 4.47 Å². The zero-order valence-corrected chi connectivity index (χ0v) is 16.9. The van der Waals surface area contributed by atoms with Crippen molar-refractivity contribution in [1.82, 2.24) is 0 Å². The van der Waals surface area contributed by atoms with Crippen molar-refractivity contribution in [1.29, 1.82) is 0 Å². The summed E-state index contributed by atoms with van der Waals surface area (Å²) in [5.74, 6) is -0.0991. The van der Waals surface area contributed by atoms with E-state index < -0.39 is 11.9 Å². The normalized spacial score (nSPS) is 10.4. The van der Waals surface area contributed by atoms with Crippen LogP contribution < -0.4 is 9.47 Å². The summed E-state index contributed by atoms with van der Waals surface area (Å²) in [5.41, 5.74) is 1.98. The van der Waals surface area contributed by atoms with Gasteiger partial charge in [-0.15, -0.1) is 0 Å². The number of halogens is 1. The van der Waals surface area contributed by atoms with Crippen molar-refractivity contribution in [2.24, 2.45) is 0 Å². The van der Waals surface area contributed by atoms with E-state index in [0.29, 0.717) is 22.6 Å². The minimum absolute atomic E-state index is 0.356. The lowest BCUT2D eigenvalue weighted by Crippen LogP contribution is -2.10. The molecule has 0 amide bonds. The Kier molecular flexibility index (Phi) is 6.61. The second-order valence-electron chi connectivity index (χ2n) is 6.17. The van der Waals surface area contributed by atoms with Gasteiger partial charge < -0.3 is 9.47 Å². The lowest BCUT2D eigenvalue weighted by molar-refractivity contribution is 0.0730. The highest BCUT2D eigenvalue weighted by Crippen LogP contribution is 2.22. The molecule has 0 aliphatic carbocycles. The van der Waals surface area contributed by atoms with Gasteiger partial charge >= 0.3 is 11.9 Å². The molecule has 0 aliphatic rings. The first-order valence-corrected chi connectivity index (χ1v) is 9.74. The van der Waals surface area contributed by atoms with Crippen molar-refractivity contribution >= 4 is 27.9 Å². The largest absolute Gasteiger partial charge is 0.423 e. The van der Waals surface area contributed by atoms with E-state index in [2.05, 4.69) is 22.9 Å². The van der Waals surface area contributed by atoms with Crippen LogP contribution in [0.2, 0.25) is 0 Å². The van der Waals surface area contributed by atoms with Crippen molar-refractivity contribution in [3.63, 3.8) is 0 Å². The molecule has 0 saturated carbocycles. The Morgan fingerprint density at radius 2 is 1.36 bits per heavy atom.